The Labute approximate surface area is 177 Å². The van der Waals surface area contributed by atoms with Crippen LogP contribution < -0.4 is 15.5 Å². The van der Waals surface area contributed by atoms with Crippen LogP contribution in [0.5, 0.6) is 0 Å². The predicted octanol–water partition coefficient (Wildman–Crippen LogP) is 2.22. The van der Waals surface area contributed by atoms with E-state index in [4.69, 9.17) is 4.74 Å². The number of anilines is 1. The smallest absolute Gasteiger partial charge is 0.325 e. The standard InChI is InChI=1S/C23H29N3O4/c1-4-26(20-10-6-8-18(3)14-20)12-11-24-21(27)16-30-22(28)15-25-23(29)19-9-5-7-17(2)13-19/h5-10,13-14H,4,11-12,15-16H2,1-3H3,(H,24,27)(H,25,29). The van der Waals surface area contributed by atoms with Gasteiger partial charge in [-0.3, -0.25) is 14.4 Å². The third kappa shape index (κ3) is 7.58. The first-order valence-electron chi connectivity index (χ1n) is 9.98. The summed E-state index contributed by atoms with van der Waals surface area (Å²) in [5.74, 6) is -1.41. The number of nitrogens with zero attached hydrogens (tertiary/aromatic N) is 1. The minimum Gasteiger partial charge on any atom is -0.454 e. The van der Waals surface area contributed by atoms with E-state index in [-0.39, 0.29) is 25.0 Å². The van der Waals surface area contributed by atoms with Gasteiger partial charge in [-0.15, -0.1) is 0 Å². The van der Waals surface area contributed by atoms with Crippen LogP contribution in [-0.4, -0.2) is 50.6 Å². The second kappa shape index (κ2) is 11.6. The summed E-state index contributed by atoms with van der Waals surface area (Å²) in [5, 5.41) is 5.23. The number of amides is 2. The van der Waals surface area contributed by atoms with Crippen LogP contribution in [0.4, 0.5) is 5.69 Å². The van der Waals surface area contributed by atoms with E-state index < -0.39 is 5.97 Å². The van der Waals surface area contributed by atoms with Gasteiger partial charge in [0.25, 0.3) is 11.8 Å². The van der Waals surface area contributed by atoms with Crippen LogP contribution in [0, 0.1) is 13.8 Å². The third-order valence-electron chi connectivity index (χ3n) is 4.49. The number of rotatable bonds is 10. The van der Waals surface area contributed by atoms with Gasteiger partial charge in [0.1, 0.15) is 6.54 Å². The fraction of sp³-hybridized carbons (Fsp3) is 0.348. The number of carbonyl (C=O) groups is 3. The molecule has 0 spiro atoms. The molecule has 0 saturated carbocycles. The number of ether oxygens (including phenoxy) is 1. The van der Waals surface area contributed by atoms with Crippen molar-refractivity contribution >= 4 is 23.5 Å². The maximum absolute atomic E-state index is 12.0. The first kappa shape index (κ1) is 22.9. The van der Waals surface area contributed by atoms with Crippen molar-refractivity contribution in [2.45, 2.75) is 20.8 Å². The van der Waals surface area contributed by atoms with E-state index in [0.717, 1.165) is 17.8 Å². The Balaban J connectivity index is 1.66. The Morgan fingerprint density at radius 3 is 2.33 bits per heavy atom. The molecule has 2 aromatic carbocycles. The highest BCUT2D eigenvalue weighted by molar-refractivity contribution is 5.96. The van der Waals surface area contributed by atoms with E-state index in [0.29, 0.717) is 18.7 Å². The number of carbonyl (C=O) groups excluding carboxylic acids is 3. The fourth-order valence-corrected chi connectivity index (χ4v) is 2.91. The van der Waals surface area contributed by atoms with Gasteiger partial charge in [0.05, 0.1) is 0 Å². The maximum atomic E-state index is 12.0. The van der Waals surface area contributed by atoms with Crippen molar-refractivity contribution in [1.82, 2.24) is 10.6 Å². The molecule has 0 bridgehead atoms. The van der Waals surface area contributed by atoms with Gasteiger partial charge in [0.15, 0.2) is 6.61 Å². The zero-order valence-electron chi connectivity index (χ0n) is 17.7. The van der Waals surface area contributed by atoms with Crippen molar-refractivity contribution in [2.75, 3.05) is 37.7 Å². The summed E-state index contributed by atoms with van der Waals surface area (Å²) < 4.78 is 4.92. The average molecular weight is 412 g/mol. The molecule has 7 nitrogen and oxygen atoms in total. The van der Waals surface area contributed by atoms with Gasteiger partial charge in [-0.25, -0.2) is 0 Å². The molecule has 0 radical (unpaired) electrons. The van der Waals surface area contributed by atoms with E-state index >= 15 is 0 Å². The minimum atomic E-state index is -0.666. The van der Waals surface area contributed by atoms with Crippen molar-refractivity contribution in [1.29, 1.82) is 0 Å². The number of hydrogen-bond donors (Lipinski definition) is 2. The molecule has 2 amide bonds. The molecule has 2 N–H and O–H groups in total. The largest absolute Gasteiger partial charge is 0.454 e. The number of hydrogen-bond acceptors (Lipinski definition) is 5. The predicted molar refractivity (Wildman–Crippen MR) is 117 cm³/mol. The van der Waals surface area contributed by atoms with Crippen LogP contribution in [0.1, 0.15) is 28.4 Å². The third-order valence-corrected chi connectivity index (χ3v) is 4.49. The molecule has 0 saturated heterocycles. The monoisotopic (exact) mass is 411 g/mol. The summed E-state index contributed by atoms with van der Waals surface area (Å²) in [7, 11) is 0. The normalized spacial score (nSPS) is 10.2. The van der Waals surface area contributed by atoms with Gasteiger partial charge in [-0.2, -0.15) is 0 Å². The summed E-state index contributed by atoms with van der Waals surface area (Å²) in [6.07, 6.45) is 0. The number of likely N-dealkylation sites (N-methyl/N-ethyl adjacent to an activating group) is 1. The molecule has 0 aliphatic carbocycles. The molecular formula is C23H29N3O4. The molecule has 30 heavy (non-hydrogen) atoms. The quantitative estimate of drug-likeness (QED) is 0.586. The van der Waals surface area contributed by atoms with E-state index in [1.54, 1.807) is 18.2 Å². The Hall–Kier alpha value is -3.35. The lowest BCUT2D eigenvalue weighted by atomic mass is 10.1. The highest BCUT2D eigenvalue weighted by Gasteiger charge is 2.11. The number of nitrogens with one attached hydrogen (secondary N) is 2. The first-order chi connectivity index (χ1) is 14.4. The highest BCUT2D eigenvalue weighted by Crippen LogP contribution is 2.14. The first-order valence-corrected chi connectivity index (χ1v) is 9.98. The van der Waals surface area contributed by atoms with Crippen LogP contribution in [-0.2, 0) is 14.3 Å². The molecule has 2 rings (SSSR count). The van der Waals surface area contributed by atoms with E-state index in [2.05, 4.69) is 28.5 Å². The Kier molecular flexibility index (Phi) is 8.87. The molecule has 0 aromatic heterocycles. The van der Waals surface area contributed by atoms with Crippen molar-refractivity contribution in [3.8, 4) is 0 Å². The Morgan fingerprint density at radius 1 is 0.967 bits per heavy atom. The molecule has 2 aromatic rings. The van der Waals surface area contributed by atoms with Gasteiger partial charge >= 0.3 is 5.97 Å². The fourth-order valence-electron chi connectivity index (χ4n) is 2.91. The van der Waals surface area contributed by atoms with E-state index in [1.165, 1.54) is 5.56 Å². The topological polar surface area (TPSA) is 87.7 Å². The van der Waals surface area contributed by atoms with Crippen LogP contribution in [0.25, 0.3) is 0 Å². The minimum absolute atomic E-state index is 0.295. The maximum Gasteiger partial charge on any atom is 0.325 e. The summed E-state index contributed by atoms with van der Waals surface area (Å²) in [6.45, 7) is 7.19. The van der Waals surface area contributed by atoms with Crippen molar-refractivity contribution < 1.29 is 19.1 Å². The molecular weight excluding hydrogens is 382 g/mol. The molecule has 160 valence electrons. The van der Waals surface area contributed by atoms with Crippen molar-refractivity contribution in [3.05, 3.63) is 65.2 Å². The van der Waals surface area contributed by atoms with Crippen molar-refractivity contribution in [3.63, 3.8) is 0 Å². The van der Waals surface area contributed by atoms with Crippen LogP contribution >= 0.6 is 0 Å². The highest BCUT2D eigenvalue weighted by atomic mass is 16.5. The molecule has 0 aliphatic heterocycles. The van der Waals surface area contributed by atoms with Crippen molar-refractivity contribution in [2.24, 2.45) is 0 Å². The average Bonchev–Trinajstić information content (AvgIpc) is 2.73. The van der Waals surface area contributed by atoms with Crippen LogP contribution in [0.3, 0.4) is 0 Å². The second-order valence-electron chi connectivity index (χ2n) is 6.98. The van der Waals surface area contributed by atoms with E-state index in [9.17, 15) is 14.4 Å². The Morgan fingerprint density at radius 2 is 1.67 bits per heavy atom. The van der Waals surface area contributed by atoms with Gasteiger partial charge in [-0.05, 0) is 50.6 Å². The molecule has 0 fully saturated rings. The summed E-state index contributed by atoms with van der Waals surface area (Å²) in [6, 6.07) is 15.2. The molecule has 7 heteroatoms. The van der Waals surface area contributed by atoms with Crippen LogP contribution in [0.2, 0.25) is 0 Å². The zero-order valence-corrected chi connectivity index (χ0v) is 17.7. The molecule has 0 atom stereocenters. The van der Waals surface area contributed by atoms with Gasteiger partial charge < -0.3 is 20.3 Å². The van der Waals surface area contributed by atoms with Gasteiger partial charge in [0.2, 0.25) is 0 Å². The number of aryl methyl sites for hydroxylation is 2. The van der Waals surface area contributed by atoms with Gasteiger partial charge in [-0.1, -0.05) is 29.8 Å². The summed E-state index contributed by atoms with van der Waals surface area (Å²) >= 11 is 0. The lowest BCUT2D eigenvalue weighted by Crippen LogP contribution is -2.38. The van der Waals surface area contributed by atoms with E-state index in [1.807, 2.05) is 38.1 Å². The molecule has 0 heterocycles. The molecule has 0 aliphatic rings. The zero-order chi connectivity index (χ0) is 21.9. The SMILES string of the molecule is CCN(CCNC(=O)COC(=O)CNC(=O)c1cccc(C)c1)c1cccc(C)c1. The van der Waals surface area contributed by atoms with Crippen LogP contribution in [0.15, 0.2) is 48.5 Å². The molecule has 0 unspecified atom stereocenters. The number of esters is 1. The Bertz CT molecular complexity index is 882. The summed E-state index contributed by atoms with van der Waals surface area (Å²) in [4.78, 5) is 37.8. The lowest BCUT2D eigenvalue weighted by molar-refractivity contribution is -0.147. The number of benzene rings is 2. The summed E-state index contributed by atoms with van der Waals surface area (Å²) in [5.41, 5.74) is 3.69. The second-order valence-corrected chi connectivity index (χ2v) is 6.98. The lowest BCUT2D eigenvalue weighted by Gasteiger charge is -2.23. The van der Waals surface area contributed by atoms with Gasteiger partial charge in [0, 0.05) is 30.9 Å².